The van der Waals surface area contributed by atoms with E-state index in [0.29, 0.717) is 6.54 Å². The largest absolute Gasteiger partial charge is 0.352 e. The van der Waals surface area contributed by atoms with Crippen LogP contribution in [-0.4, -0.2) is 22.4 Å². The van der Waals surface area contributed by atoms with E-state index < -0.39 is 0 Å². The minimum Gasteiger partial charge on any atom is -0.352 e. The molecule has 0 aliphatic carbocycles. The van der Waals surface area contributed by atoms with Gasteiger partial charge in [0.2, 0.25) is 0 Å². The predicted molar refractivity (Wildman–Crippen MR) is 123 cm³/mol. The highest BCUT2D eigenvalue weighted by Gasteiger charge is 2.12. The second-order valence-electron chi connectivity index (χ2n) is 6.58. The van der Waals surface area contributed by atoms with Crippen molar-refractivity contribution in [2.75, 3.05) is 6.54 Å². The number of nitrogens with zero attached hydrogens (tertiary/aromatic N) is 2. The quantitative estimate of drug-likeness (QED) is 0.282. The third-order valence-corrected chi connectivity index (χ3v) is 7.39. The molecular weight excluding hydrogens is 418 g/mol. The van der Waals surface area contributed by atoms with E-state index in [4.69, 9.17) is 0 Å². The smallest absolute Gasteiger partial charge is 0.252 e. The summed E-state index contributed by atoms with van der Waals surface area (Å²) < 4.78 is 1.22. The van der Waals surface area contributed by atoms with Crippen molar-refractivity contribution in [3.8, 4) is 0 Å². The van der Waals surface area contributed by atoms with Gasteiger partial charge in [0, 0.05) is 29.0 Å². The van der Waals surface area contributed by atoms with Gasteiger partial charge in [-0.1, -0.05) is 24.3 Å². The van der Waals surface area contributed by atoms with Crippen molar-refractivity contribution in [2.24, 2.45) is 0 Å². The van der Waals surface area contributed by atoms with Gasteiger partial charge in [-0.05, 0) is 37.6 Å². The monoisotopic (exact) mass is 439 g/mol. The van der Waals surface area contributed by atoms with Crippen molar-refractivity contribution >= 4 is 50.6 Å². The number of rotatable bonds is 8. The summed E-state index contributed by atoms with van der Waals surface area (Å²) >= 11 is 5.04. The molecule has 4 rings (SSSR count). The minimum absolute atomic E-state index is 0.0214. The maximum absolute atomic E-state index is 12.7. The van der Waals surface area contributed by atoms with E-state index in [1.165, 1.54) is 4.70 Å². The molecule has 29 heavy (non-hydrogen) atoms. The molecule has 2 aromatic heterocycles. The summed E-state index contributed by atoms with van der Waals surface area (Å²) in [5.74, 6) is 0.749. The zero-order valence-corrected chi connectivity index (χ0v) is 18.5. The Morgan fingerprint density at radius 2 is 1.93 bits per heavy atom. The highest BCUT2D eigenvalue weighted by Crippen LogP contribution is 2.27. The zero-order valence-electron chi connectivity index (χ0n) is 16.1. The molecule has 2 heterocycles. The fourth-order valence-corrected chi connectivity index (χ4v) is 5.64. The second-order valence-corrected chi connectivity index (χ2v) is 9.77. The molecule has 0 radical (unpaired) electrons. The van der Waals surface area contributed by atoms with Crippen LogP contribution in [0.15, 0.2) is 58.8 Å². The summed E-state index contributed by atoms with van der Waals surface area (Å²) in [7, 11) is 0. The third-order valence-electron chi connectivity index (χ3n) is 4.36. The lowest BCUT2D eigenvalue weighted by Gasteiger charge is -2.09. The van der Waals surface area contributed by atoms with Crippen LogP contribution in [0.3, 0.4) is 0 Å². The number of amides is 1. The molecule has 1 amide bonds. The number of benzene rings is 2. The number of thiazole rings is 2. The SMILES string of the molecule is Cc1nc(CSc2ccccc2C(=O)NCCCc2nc3ccccc3s2)cs1. The normalized spacial score (nSPS) is 11.1. The van der Waals surface area contributed by atoms with E-state index in [2.05, 4.69) is 26.7 Å². The molecule has 0 unspecified atom stereocenters. The Hall–Kier alpha value is -2.22. The maximum atomic E-state index is 12.7. The van der Waals surface area contributed by atoms with Crippen LogP contribution in [0.1, 0.15) is 32.5 Å². The van der Waals surface area contributed by atoms with Crippen molar-refractivity contribution in [3.05, 3.63) is 75.2 Å². The summed E-state index contributed by atoms with van der Waals surface area (Å²) in [4.78, 5) is 22.8. The van der Waals surface area contributed by atoms with Gasteiger partial charge in [-0.2, -0.15) is 0 Å². The van der Waals surface area contributed by atoms with E-state index >= 15 is 0 Å². The van der Waals surface area contributed by atoms with Crippen LogP contribution in [0.4, 0.5) is 0 Å². The Balaban J connectivity index is 1.30. The van der Waals surface area contributed by atoms with Crippen molar-refractivity contribution in [1.29, 1.82) is 0 Å². The molecule has 4 nitrogen and oxygen atoms in total. The molecule has 0 saturated carbocycles. The highest BCUT2D eigenvalue weighted by molar-refractivity contribution is 7.98. The summed E-state index contributed by atoms with van der Waals surface area (Å²) in [6.45, 7) is 2.65. The van der Waals surface area contributed by atoms with Gasteiger partial charge < -0.3 is 5.32 Å². The zero-order chi connectivity index (χ0) is 20.1. The van der Waals surface area contributed by atoms with Gasteiger partial charge in [-0.3, -0.25) is 4.79 Å². The van der Waals surface area contributed by atoms with Gasteiger partial charge in [0.1, 0.15) is 0 Å². The molecule has 0 fully saturated rings. The van der Waals surface area contributed by atoms with E-state index in [1.807, 2.05) is 49.4 Å². The van der Waals surface area contributed by atoms with E-state index in [1.54, 1.807) is 34.4 Å². The molecule has 0 atom stereocenters. The second kappa shape index (κ2) is 9.52. The molecule has 4 aromatic rings. The number of aromatic nitrogens is 2. The molecule has 0 saturated heterocycles. The lowest BCUT2D eigenvalue weighted by atomic mass is 10.2. The molecule has 0 aliphatic heterocycles. The Bertz CT molecular complexity index is 1090. The summed E-state index contributed by atoms with van der Waals surface area (Å²) in [6.07, 6.45) is 1.75. The summed E-state index contributed by atoms with van der Waals surface area (Å²) in [5, 5.41) is 7.32. The van der Waals surface area contributed by atoms with Crippen LogP contribution in [0.5, 0.6) is 0 Å². The number of nitrogens with one attached hydrogen (secondary N) is 1. The average Bonchev–Trinajstić information content (AvgIpc) is 3.35. The maximum Gasteiger partial charge on any atom is 0.252 e. The van der Waals surface area contributed by atoms with Crippen LogP contribution >= 0.6 is 34.4 Å². The van der Waals surface area contributed by atoms with E-state index in [-0.39, 0.29) is 5.91 Å². The number of hydrogen-bond donors (Lipinski definition) is 1. The first-order chi connectivity index (χ1) is 14.2. The molecule has 0 bridgehead atoms. The van der Waals surface area contributed by atoms with Crippen LogP contribution < -0.4 is 5.32 Å². The first-order valence-electron chi connectivity index (χ1n) is 9.44. The Kier molecular flexibility index (Phi) is 6.59. The molecule has 148 valence electrons. The van der Waals surface area contributed by atoms with Crippen molar-refractivity contribution in [2.45, 2.75) is 30.4 Å². The standard InChI is InChI=1S/C22H21N3OS3/c1-15-24-16(13-27-15)14-28-19-9-4-2-7-17(19)22(26)23-12-6-11-21-25-18-8-3-5-10-20(18)29-21/h2-5,7-10,13H,6,11-12,14H2,1H3,(H,23,26). The molecule has 0 spiro atoms. The highest BCUT2D eigenvalue weighted by atomic mass is 32.2. The van der Waals surface area contributed by atoms with E-state index in [0.717, 1.165) is 50.3 Å². The number of aryl methyl sites for hydroxylation is 2. The van der Waals surface area contributed by atoms with Crippen molar-refractivity contribution in [3.63, 3.8) is 0 Å². The van der Waals surface area contributed by atoms with Gasteiger partial charge >= 0.3 is 0 Å². The first kappa shape index (κ1) is 20.1. The Morgan fingerprint density at radius 1 is 1.10 bits per heavy atom. The van der Waals surface area contributed by atoms with Gasteiger partial charge in [-0.15, -0.1) is 34.4 Å². The number of carbonyl (C=O) groups excluding carboxylic acids is 1. The topological polar surface area (TPSA) is 54.9 Å². The third kappa shape index (κ3) is 5.23. The van der Waals surface area contributed by atoms with Crippen LogP contribution in [0.2, 0.25) is 0 Å². The van der Waals surface area contributed by atoms with Crippen LogP contribution in [0.25, 0.3) is 10.2 Å². The molecule has 2 aromatic carbocycles. The van der Waals surface area contributed by atoms with Crippen LogP contribution in [0, 0.1) is 6.92 Å². The lowest BCUT2D eigenvalue weighted by Crippen LogP contribution is -2.25. The lowest BCUT2D eigenvalue weighted by molar-refractivity contribution is 0.0950. The number of thioether (sulfide) groups is 1. The average molecular weight is 440 g/mol. The predicted octanol–water partition coefficient (Wildman–Crippen LogP) is 5.72. The molecule has 7 heteroatoms. The summed E-state index contributed by atoms with van der Waals surface area (Å²) in [5.41, 5.74) is 2.84. The Labute approximate surface area is 182 Å². The molecular formula is C22H21N3OS3. The van der Waals surface area contributed by atoms with Crippen molar-refractivity contribution < 1.29 is 4.79 Å². The van der Waals surface area contributed by atoms with Gasteiger partial charge in [0.15, 0.2) is 0 Å². The van der Waals surface area contributed by atoms with Crippen molar-refractivity contribution in [1.82, 2.24) is 15.3 Å². The number of hydrogen-bond acceptors (Lipinski definition) is 6. The fourth-order valence-electron chi connectivity index (χ4n) is 2.97. The minimum atomic E-state index is -0.0214. The Morgan fingerprint density at radius 3 is 2.76 bits per heavy atom. The molecule has 0 aliphatic rings. The van der Waals surface area contributed by atoms with Gasteiger partial charge in [0.25, 0.3) is 5.91 Å². The van der Waals surface area contributed by atoms with E-state index in [9.17, 15) is 4.79 Å². The van der Waals surface area contributed by atoms with Crippen LogP contribution in [-0.2, 0) is 12.2 Å². The number of para-hydroxylation sites is 1. The fraction of sp³-hybridized carbons (Fsp3) is 0.227. The van der Waals surface area contributed by atoms with Gasteiger partial charge in [-0.25, -0.2) is 9.97 Å². The number of carbonyl (C=O) groups is 1. The van der Waals surface area contributed by atoms with Gasteiger partial charge in [0.05, 0.1) is 31.5 Å². The first-order valence-corrected chi connectivity index (χ1v) is 12.1. The summed E-state index contributed by atoms with van der Waals surface area (Å²) in [6, 6.07) is 16.0. The number of fused-ring (bicyclic) bond motifs is 1. The molecule has 1 N–H and O–H groups in total.